The highest BCUT2D eigenvalue weighted by Gasteiger charge is 2.08. The van der Waals surface area contributed by atoms with Gasteiger partial charge in [-0.3, -0.25) is 9.69 Å². The number of terminal acetylenes is 1. The maximum Gasteiger partial charge on any atom is 0.317 e. The Morgan fingerprint density at radius 2 is 2.21 bits per heavy atom. The maximum absolute atomic E-state index is 10.7. The molecule has 0 aliphatic heterocycles. The third-order valence-corrected chi connectivity index (χ3v) is 2.68. The number of ether oxygens (including phenoxy) is 1. The van der Waals surface area contributed by atoms with Crippen molar-refractivity contribution >= 4 is 5.97 Å². The van der Waals surface area contributed by atoms with E-state index in [1.807, 2.05) is 32.0 Å². The Bertz CT molecular complexity index is 477. The molecule has 0 atom stereocenters. The van der Waals surface area contributed by atoms with Crippen molar-refractivity contribution in [1.29, 1.82) is 0 Å². The minimum absolute atomic E-state index is 0.0691. The summed E-state index contributed by atoms with van der Waals surface area (Å²) in [5, 5.41) is 8.76. The van der Waals surface area contributed by atoms with Gasteiger partial charge in [0.2, 0.25) is 0 Å². The van der Waals surface area contributed by atoms with Gasteiger partial charge in [0.05, 0.1) is 13.1 Å². The second-order valence-electron chi connectivity index (χ2n) is 4.43. The Morgan fingerprint density at radius 1 is 1.47 bits per heavy atom. The predicted octanol–water partition coefficient (Wildman–Crippen LogP) is 1.70. The van der Waals surface area contributed by atoms with Crippen LogP contribution in [0.15, 0.2) is 18.2 Å². The van der Waals surface area contributed by atoms with Crippen molar-refractivity contribution in [2.45, 2.75) is 13.8 Å². The number of carbonyl (C=O) groups is 1. The molecule has 0 aromatic heterocycles. The number of carboxylic acids is 1. The van der Waals surface area contributed by atoms with Gasteiger partial charge >= 0.3 is 5.97 Å². The fourth-order valence-electron chi connectivity index (χ4n) is 1.68. The van der Waals surface area contributed by atoms with E-state index in [2.05, 4.69) is 5.92 Å². The van der Waals surface area contributed by atoms with Crippen LogP contribution in [0.1, 0.15) is 11.1 Å². The van der Waals surface area contributed by atoms with Gasteiger partial charge in [-0.15, -0.1) is 6.42 Å². The summed E-state index contributed by atoms with van der Waals surface area (Å²) >= 11 is 0. The molecule has 0 fully saturated rings. The number of hydrogen-bond acceptors (Lipinski definition) is 3. The zero-order chi connectivity index (χ0) is 14.3. The molecule has 0 bridgehead atoms. The summed E-state index contributed by atoms with van der Waals surface area (Å²) in [6.45, 7) is 5.12. The first kappa shape index (κ1) is 15.1. The van der Waals surface area contributed by atoms with Crippen molar-refractivity contribution < 1.29 is 14.6 Å². The molecular formula is C15H19NO3. The molecule has 19 heavy (non-hydrogen) atoms. The zero-order valence-electron chi connectivity index (χ0n) is 11.3. The summed E-state index contributed by atoms with van der Waals surface area (Å²) in [6.07, 6.45) is 5.21. The number of carboxylic acid groups (broad SMARTS) is 1. The molecule has 4 heteroatoms. The molecule has 0 unspecified atom stereocenters. The Labute approximate surface area is 114 Å². The maximum atomic E-state index is 10.7. The van der Waals surface area contributed by atoms with Crippen LogP contribution in [0, 0.1) is 26.2 Å². The number of nitrogens with zero attached hydrogens (tertiary/aromatic N) is 1. The Hall–Kier alpha value is -1.99. The van der Waals surface area contributed by atoms with Gasteiger partial charge in [0.25, 0.3) is 0 Å². The van der Waals surface area contributed by atoms with Crippen LogP contribution in [0.2, 0.25) is 0 Å². The molecule has 1 rings (SSSR count). The average molecular weight is 261 g/mol. The fraction of sp³-hybridized carbons (Fsp3) is 0.400. The highest BCUT2D eigenvalue weighted by molar-refractivity contribution is 5.69. The first-order valence-corrected chi connectivity index (χ1v) is 6.10. The third-order valence-electron chi connectivity index (χ3n) is 2.68. The highest BCUT2D eigenvalue weighted by Crippen LogP contribution is 2.18. The number of rotatable bonds is 7. The number of hydrogen-bond donors (Lipinski definition) is 1. The molecule has 0 amide bonds. The quantitative estimate of drug-likeness (QED) is 0.759. The van der Waals surface area contributed by atoms with E-state index in [0.29, 0.717) is 19.7 Å². The number of aryl methyl sites for hydroxylation is 2. The van der Waals surface area contributed by atoms with Crippen molar-refractivity contribution in [3.8, 4) is 18.1 Å². The molecule has 0 saturated heterocycles. The average Bonchev–Trinajstić information content (AvgIpc) is 2.33. The van der Waals surface area contributed by atoms with Crippen molar-refractivity contribution in [1.82, 2.24) is 4.90 Å². The van der Waals surface area contributed by atoms with Crippen molar-refractivity contribution in [3.05, 3.63) is 29.3 Å². The van der Waals surface area contributed by atoms with E-state index in [1.165, 1.54) is 0 Å². The lowest BCUT2D eigenvalue weighted by Crippen LogP contribution is -2.33. The topological polar surface area (TPSA) is 49.8 Å². The number of aliphatic carboxylic acids is 1. The van der Waals surface area contributed by atoms with Gasteiger partial charge in [0.1, 0.15) is 12.4 Å². The molecule has 0 saturated carbocycles. The van der Waals surface area contributed by atoms with Crippen LogP contribution in [0.3, 0.4) is 0 Å². The van der Waals surface area contributed by atoms with Crippen LogP contribution in [-0.4, -0.2) is 42.2 Å². The summed E-state index contributed by atoms with van der Waals surface area (Å²) in [5.74, 6) is 2.39. The number of benzene rings is 1. The van der Waals surface area contributed by atoms with Gasteiger partial charge in [-0.1, -0.05) is 18.1 Å². The third kappa shape index (κ3) is 5.45. The van der Waals surface area contributed by atoms with Crippen LogP contribution in [0.4, 0.5) is 0 Å². The molecule has 1 N–H and O–H groups in total. The molecule has 0 aliphatic rings. The highest BCUT2D eigenvalue weighted by atomic mass is 16.5. The van der Waals surface area contributed by atoms with E-state index in [1.54, 1.807) is 4.90 Å². The molecule has 0 heterocycles. The molecule has 1 aromatic rings. The van der Waals surface area contributed by atoms with E-state index in [4.69, 9.17) is 16.3 Å². The Kier molecular flexibility index (Phi) is 5.91. The van der Waals surface area contributed by atoms with E-state index >= 15 is 0 Å². The SMILES string of the molecule is C#CCN(CCOc1cc(C)ccc1C)CC(=O)O. The molecule has 0 spiro atoms. The molecule has 102 valence electrons. The summed E-state index contributed by atoms with van der Waals surface area (Å²) < 4.78 is 5.67. The fourth-order valence-corrected chi connectivity index (χ4v) is 1.68. The summed E-state index contributed by atoms with van der Waals surface area (Å²) in [5.41, 5.74) is 2.19. The Balaban J connectivity index is 2.49. The van der Waals surface area contributed by atoms with Crippen molar-refractivity contribution in [3.63, 3.8) is 0 Å². The monoisotopic (exact) mass is 261 g/mol. The largest absolute Gasteiger partial charge is 0.492 e. The van der Waals surface area contributed by atoms with Crippen LogP contribution in [0.25, 0.3) is 0 Å². The van der Waals surface area contributed by atoms with Gasteiger partial charge in [-0.25, -0.2) is 0 Å². The van der Waals surface area contributed by atoms with Crippen molar-refractivity contribution in [2.24, 2.45) is 0 Å². The predicted molar refractivity (Wildman–Crippen MR) is 74.3 cm³/mol. The van der Waals surface area contributed by atoms with Gasteiger partial charge in [-0.2, -0.15) is 0 Å². The first-order valence-electron chi connectivity index (χ1n) is 6.10. The molecule has 1 aromatic carbocycles. The van der Waals surface area contributed by atoms with Gasteiger partial charge in [-0.05, 0) is 31.0 Å². The van der Waals surface area contributed by atoms with Crippen LogP contribution in [-0.2, 0) is 4.79 Å². The molecule has 0 radical (unpaired) electrons. The van der Waals surface area contributed by atoms with E-state index in [9.17, 15) is 4.79 Å². The first-order chi connectivity index (χ1) is 9.02. The van der Waals surface area contributed by atoms with Crippen molar-refractivity contribution in [2.75, 3.05) is 26.2 Å². The van der Waals surface area contributed by atoms with Crippen LogP contribution < -0.4 is 4.74 Å². The van der Waals surface area contributed by atoms with Gasteiger partial charge in [0.15, 0.2) is 0 Å². The molecule has 0 aliphatic carbocycles. The smallest absolute Gasteiger partial charge is 0.317 e. The molecule has 4 nitrogen and oxygen atoms in total. The molecular weight excluding hydrogens is 242 g/mol. The lowest BCUT2D eigenvalue weighted by molar-refractivity contribution is -0.138. The lowest BCUT2D eigenvalue weighted by Gasteiger charge is -2.18. The van der Waals surface area contributed by atoms with Crippen LogP contribution >= 0.6 is 0 Å². The van der Waals surface area contributed by atoms with Gasteiger partial charge in [0, 0.05) is 6.54 Å². The summed E-state index contributed by atoms with van der Waals surface area (Å²) in [7, 11) is 0. The normalized spacial score (nSPS) is 10.2. The summed E-state index contributed by atoms with van der Waals surface area (Å²) in [4.78, 5) is 12.3. The van der Waals surface area contributed by atoms with E-state index in [0.717, 1.165) is 16.9 Å². The van der Waals surface area contributed by atoms with E-state index in [-0.39, 0.29) is 6.54 Å². The minimum atomic E-state index is -0.887. The second kappa shape index (κ2) is 7.45. The van der Waals surface area contributed by atoms with E-state index < -0.39 is 5.97 Å². The summed E-state index contributed by atoms with van der Waals surface area (Å²) in [6, 6.07) is 6.00. The standard InChI is InChI=1S/C15H19NO3/c1-4-7-16(11-15(17)18)8-9-19-14-10-12(2)5-6-13(14)3/h1,5-6,10H,7-9,11H2,2-3H3,(H,17,18). The lowest BCUT2D eigenvalue weighted by atomic mass is 10.1. The minimum Gasteiger partial charge on any atom is -0.492 e. The Morgan fingerprint density at radius 3 is 2.84 bits per heavy atom. The van der Waals surface area contributed by atoms with Gasteiger partial charge < -0.3 is 9.84 Å². The van der Waals surface area contributed by atoms with Crippen LogP contribution in [0.5, 0.6) is 5.75 Å². The second-order valence-corrected chi connectivity index (χ2v) is 4.43. The zero-order valence-corrected chi connectivity index (χ0v) is 11.3.